The first-order valence-corrected chi connectivity index (χ1v) is 6.04. The molecule has 0 spiro atoms. The number of halogens is 1. The Kier molecular flexibility index (Phi) is 3.64. The maximum absolute atomic E-state index is 5.73. The molecule has 17 heavy (non-hydrogen) atoms. The number of anilines is 1. The fourth-order valence-electron chi connectivity index (χ4n) is 1.41. The number of hydrogen-bond acceptors (Lipinski definition) is 3. The van der Waals surface area contributed by atoms with E-state index in [2.05, 4.69) is 20.9 Å². The van der Waals surface area contributed by atoms with Crippen LogP contribution in [0, 0.1) is 6.92 Å². The summed E-state index contributed by atoms with van der Waals surface area (Å²) in [6.45, 7) is 2.51. The number of aromatic nitrogens is 1. The van der Waals surface area contributed by atoms with Crippen molar-refractivity contribution in [3.8, 4) is 5.75 Å². The number of rotatable bonds is 3. The van der Waals surface area contributed by atoms with E-state index < -0.39 is 0 Å². The lowest BCUT2D eigenvalue weighted by atomic mass is 10.2. The molecule has 0 unspecified atom stereocenters. The summed E-state index contributed by atoms with van der Waals surface area (Å²) >= 11 is 3.42. The van der Waals surface area contributed by atoms with Crippen LogP contribution in [0.3, 0.4) is 0 Å². The van der Waals surface area contributed by atoms with E-state index in [9.17, 15) is 0 Å². The number of nitrogens with zero attached hydrogens (tertiary/aromatic N) is 1. The second kappa shape index (κ2) is 5.19. The predicted octanol–water partition coefficient (Wildman–Crippen LogP) is 3.31. The van der Waals surface area contributed by atoms with Gasteiger partial charge in [0.1, 0.15) is 18.2 Å². The van der Waals surface area contributed by atoms with Crippen molar-refractivity contribution in [3.63, 3.8) is 0 Å². The van der Waals surface area contributed by atoms with Gasteiger partial charge in [-0.25, -0.2) is 4.98 Å². The topological polar surface area (TPSA) is 48.1 Å². The standard InChI is InChI=1S/C13H13BrN2O/c1-9-2-4-11(14)6-12(9)17-8-10-3-5-13(15)16-7-10/h2-7H,8H2,1H3,(H2,15,16). The van der Waals surface area contributed by atoms with Gasteiger partial charge in [0.25, 0.3) is 0 Å². The highest BCUT2D eigenvalue weighted by Gasteiger charge is 2.01. The van der Waals surface area contributed by atoms with E-state index in [4.69, 9.17) is 10.5 Å². The van der Waals surface area contributed by atoms with Gasteiger partial charge in [0.2, 0.25) is 0 Å². The fourth-order valence-corrected chi connectivity index (χ4v) is 1.75. The van der Waals surface area contributed by atoms with Crippen LogP contribution < -0.4 is 10.5 Å². The summed E-state index contributed by atoms with van der Waals surface area (Å²) in [5, 5.41) is 0. The molecule has 0 bridgehead atoms. The molecule has 0 saturated carbocycles. The highest BCUT2D eigenvalue weighted by molar-refractivity contribution is 9.10. The van der Waals surface area contributed by atoms with Crippen molar-refractivity contribution in [2.24, 2.45) is 0 Å². The summed E-state index contributed by atoms with van der Waals surface area (Å²) in [5.74, 6) is 1.39. The molecule has 0 aliphatic heterocycles. The Bertz CT molecular complexity index is 511. The van der Waals surface area contributed by atoms with E-state index in [1.54, 1.807) is 12.3 Å². The molecule has 1 aromatic heterocycles. The van der Waals surface area contributed by atoms with Gasteiger partial charge in [0, 0.05) is 16.2 Å². The zero-order valence-electron chi connectivity index (χ0n) is 9.48. The van der Waals surface area contributed by atoms with Crippen LogP contribution in [-0.2, 0) is 6.61 Å². The zero-order chi connectivity index (χ0) is 12.3. The third kappa shape index (κ3) is 3.20. The Balaban J connectivity index is 2.07. The van der Waals surface area contributed by atoms with E-state index in [-0.39, 0.29) is 0 Å². The molecule has 0 amide bonds. The predicted molar refractivity (Wildman–Crippen MR) is 71.9 cm³/mol. The minimum atomic E-state index is 0.491. The van der Waals surface area contributed by atoms with Crippen molar-refractivity contribution in [1.82, 2.24) is 4.98 Å². The van der Waals surface area contributed by atoms with Crippen LogP contribution in [0.4, 0.5) is 5.82 Å². The first kappa shape index (κ1) is 11.9. The Hall–Kier alpha value is -1.55. The van der Waals surface area contributed by atoms with Gasteiger partial charge in [-0.15, -0.1) is 0 Å². The molecule has 0 saturated heterocycles. The smallest absolute Gasteiger partial charge is 0.123 e. The van der Waals surface area contributed by atoms with Crippen LogP contribution in [0.2, 0.25) is 0 Å². The van der Waals surface area contributed by atoms with Crippen molar-refractivity contribution in [1.29, 1.82) is 0 Å². The number of hydrogen-bond donors (Lipinski definition) is 1. The average Bonchev–Trinajstić information content (AvgIpc) is 2.32. The van der Waals surface area contributed by atoms with Crippen LogP contribution in [0.25, 0.3) is 0 Å². The van der Waals surface area contributed by atoms with Crippen LogP contribution >= 0.6 is 15.9 Å². The molecule has 0 aliphatic carbocycles. The fraction of sp³-hybridized carbons (Fsp3) is 0.154. The van der Waals surface area contributed by atoms with Gasteiger partial charge in [0.05, 0.1) is 0 Å². The largest absolute Gasteiger partial charge is 0.489 e. The molecule has 2 aromatic rings. The number of pyridine rings is 1. The number of benzene rings is 1. The second-order valence-corrected chi connectivity index (χ2v) is 4.71. The maximum Gasteiger partial charge on any atom is 0.123 e. The summed E-state index contributed by atoms with van der Waals surface area (Å²) in [6, 6.07) is 9.65. The third-order valence-corrected chi connectivity index (χ3v) is 2.89. The molecule has 3 nitrogen and oxygen atoms in total. The Labute approximate surface area is 109 Å². The molecule has 88 valence electrons. The van der Waals surface area contributed by atoms with E-state index in [1.807, 2.05) is 31.2 Å². The quantitative estimate of drug-likeness (QED) is 0.944. The molecule has 1 aromatic carbocycles. The van der Waals surface area contributed by atoms with Crippen LogP contribution in [0.15, 0.2) is 41.0 Å². The van der Waals surface area contributed by atoms with Gasteiger partial charge in [-0.3, -0.25) is 0 Å². The lowest BCUT2D eigenvalue weighted by Gasteiger charge is -2.09. The van der Waals surface area contributed by atoms with Crippen LogP contribution in [0.5, 0.6) is 5.75 Å². The van der Waals surface area contributed by atoms with E-state index in [0.29, 0.717) is 12.4 Å². The molecule has 0 fully saturated rings. The van der Waals surface area contributed by atoms with Crippen molar-refractivity contribution >= 4 is 21.7 Å². The summed E-state index contributed by atoms with van der Waals surface area (Å²) in [7, 11) is 0. The van der Waals surface area contributed by atoms with Gasteiger partial charge < -0.3 is 10.5 Å². The number of nitrogen functional groups attached to an aromatic ring is 1. The summed E-state index contributed by atoms with van der Waals surface area (Å²) in [6.07, 6.45) is 1.72. The number of aryl methyl sites for hydroxylation is 1. The van der Waals surface area contributed by atoms with E-state index in [0.717, 1.165) is 21.3 Å². The van der Waals surface area contributed by atoms with Crippen molar-refractivity contribution in [3.05, 3.63) is 52.1 Å². The summed E-state index contributed by atoms with van der Waals surface area (Å²) < 4.78 is 6.74. The summed E-state index contributed by atoms with van der Waals surface area (Å²) in [5.41, 5.74) is 7.63. The SMILES string of the molecule is Cc1ccc(Br)cc1OCc1ccc(N)nc1. The molecular weight excluding hydrogens is 280 g/mol. The Morgan fingerprint density at radius 1 is 1.29 bits per heavy atom. The Morgan fingerprint density at radius 2 is 2.12 bits per heavy atom. The first-order chi connectivity index (χ1) is 8.15. The average molecular weight is 293 g/mol. The van der Waals surface area contributed by atoms with Gasteiger partial charge in [-0.1, -0.05) is 28.1 Å². The minimum absolute atomic E-state index is 0.491. The van der Waals surface area contributed by atoms with Crippen molar-refractivity contribution in [2.45, 2.75) is 13.5 Å². The molecule has 2 N–H and O–H groups in total. The van der Waals surface area contributed by atoms with Gasteiger partial charge in [0.15, 0.2) is 0 Å². The second-order valence-electron chi connectivity index (χ2n) is 3.79. The third-order valence-electron chi connectivity index (χ3n) is 2.39. The van der Waals surface area contributed by atoms with Gasteiger partial charge in [-0.2, -0.15) is 0 Å². The van der Waals surface area contributed by atoms with Gasteiger partial charge >= 0.3 is 0 Å². The molecular formula is C13H13BrN2O. The minimum Gasteiger partial charge on any atom is -0.489 e. The molecule has 0 radical (unpaired) electrons. The number of ether oxygens (including phenoxy) is 1. The highest BCUT2D eigenvalue weighted by Crippen LogP contribution is 2.23. The molecule has 0 atom stereocenters. The van der Waals surface area contributed by atoms with Crippen LogP contribution in [0.1, 0.15) is 11.1 Å². The van der Waals surface area contributed by atoms with Crippen LogP contribution in [-0.4, -0.2) is 4.98 Å². The normalized spacial score (nSPS) is 10.2. The molecule has 1 heterocycles. The van der Waals surface area contributed by atoms with Crippen molar-refractivity contribution < 1.29 is 4.74 Å². The highest BCUT2D eigenvalue weighted by atomic mass is 79.9. The Morgan fingerprint density at radius 3 is 2.82 bits per heavy atom. The molecule has 4 heteroatoms. The van der Waals surface area contributed by atoms with Gasteiger partial charge in [-0.05, 0) is 30.7 Å². The summed E-state index contributed by atoms with van der Waals surface area (Å²) in [4.78, 5) is 4.02. The lowest BCUT2D eigenvalue weighted by Crippen LogP contribution is -1.98. The molecule has 0 aliphatic rings. The monoisotopic (exact) mass is 292 g/mol. The zero-order valence-corrected chi connectivity index (χ0v) is 11.1. The first-order valence-electron chi connectivity index (χ1n) is 5.24. The number of nitrogens with two attached hydrogens (primary N) is 1. The molecule has 2 rings (SSSR count). The maximum atomic E-state index is 5.73. The van der Waals surface area contributed by atoms with E-state index >= 15 is 0 Å². The van der Waals surface area contributed by atoms with E-state index in [1.165, 1.54) is 0 Å². The lowest BCUT2D eigenvalue weighted by molar-refractivity contribution is 0.303. The van der Waals surface area contributed by atoms with Crippen molar-refractivity contribution in [2.75, 3.05) is 5.73 Å².